The molecule has 0 radical (unpaired) electrons. The van der Waals surface area contributed by atoms with Gasteiger partial charge in [0.2, 0.25) is 0 Å². The number of hydrogen-bond donors (Lipinski definition) is 0. The van der Waals surface area contributed by atoms with E-state index in [1.165, 1.54) is 54.2 Å². The van der Waals surface area contributed by atoms with Crippen LogP contribution in [0.2, 0.25) is 0 Å². The molecular formula is C58H35N3O. The Labute approximate surface area is 356 Å². The quantitative estimate of drug-likeness (QED) is 0.163. The summed E-state index contributed by atoms with van der Waals surface area (Å²) in [6, 6.07) is 75.8. The maximum Gasteiger partial charge on any atom is 0.162 e. The van der Waals surface area contributed by atoms with Crippen LogP contribution < -0.4 is 0 Å². The number of benzene rings is 10. The largest absolute Gasteiger partial charge is 0.456 e. The number of para-hydroxylation sites is 1. The van der Waals surface area contributed by atoms with Crippen molar-refractivity contribution in [3.8, 4) is 50.7 Å². The van der Waals surface area contributed by atoms with E-state index in [2.05, 4.69) is 180 Å². The molecule has 0 atom stereocenters. The Balaban J connectivity index is 1.12. The number of aromatic nitrogens is 3. The molecule has 0 bridgehead atoms. The maximum atomic E-state index is 6.21. The van der Waals surface area contributed by atoms with Gasteiger partial charge >= 0.3 is 0 Å². The monoisotopic (exact) mass is 789 g/mol. The van der Waals surface area contributed by atoms with Crippen LogP contribution in [-0.4, -0.2) is 14.5 Å². The van der Waals surface area contributed by atoms with Gasteiger partial charge in [0.1, 0.15) is 17.0 Å². The fraction of sp³-hybridized carbons (Fsp3) is 0. The van der Waals surface area contributed by atoms with E-state index in [1.807, 2.05) is 36.4 Å². The number of nitrogens with zero attached hydrogens (tertiary/aromatic N) is 3. The van der Waals surface area contributed by atoms with Crippen LogP contribution in [0.15, 0.2) is 217 Å². The Bertz CT molecular complexity index is 3850. The van der Waals surface area contributed by atoms with E-state index in [4.69, 9.17) is 14.4 Å². The second kappa shape index (κ2) is 13.6. The predicted molar refractivity (Wildman–Crippen MR) is 258 cm³/mol. The van der Waals surface area contributed by atoms with Gasteiger partial charge in [-0.25, -0.2) is 9.97 Å². The highest BCUT2D eigenvalue weighted by Crippen LogP contribution is 2.43. The van der Waals surface area contributed by atoms with Crippen LogP contribution in [0.4, 0.5) is 0 Å². The van der Waals surface area contributed by atoms with Gasteiger partial charge in [-0.15, -0.1) is 0 Å². The Kier molecular flexibility index (Phi) is 7.57. The van der Waals surface area contributed by atoms with Gasteiger partial charge in [0.15, 0.2) is 5.82 Å². The van der Waals surface area contributed by atoms with Crippen molar-refractivity contribution < 1.29 is 4.42 Å². The normalized spacial score (nSPS) is 11.9. The zero-order valence-corrected chi connectivity index (χ0v) is 33.5. The summed E-state index contributed by atoms with van der Waals surface area (Å²) in [4.78, 5) is 10.5. The lowest BCUT2D eigenvalue weighted by Crippen LogP contribution is -2.02. The standard InChI is InChI=1S/C58H35N3O/c1-4-14-36(15-5-1)39-25-28-53-49(31-39)50-33-47-46-30-40(41-26-29-56-51(32-41)45-22-12-13-23-55(45)62-56)24-27-44(46)42-20-10-11-21-43(42)48(47)34-54(50)61(53)57-35-52(37-16-6-2-7-17-37)59-58(60-57)38-18-8-3-9-19-38/h1-35H. The van der Waals surface area contributed by atoms with Crippen molar-refractivity contribution in [3.05, 3.63) is 212 Å². The van der Waals surface area contributed by atoms with Crippen molar-refractivity contribution in [2.24, 2.45) is 0 Å². The summed E-state index contributed by atoms with van der Waals surface area (Å²) in [5.41, 5.74) is 11.5. The van der Waals surface area contributed by atoms with Crippen LogP contribution >= 0.6 is 0 Å². The van der Waals surface area contributed by atoms with Gasteiger partial charge in [-0.3, -0.25) is 4.57 Å². The van der Waals surface area contributed by atoms with Gasteiger partial charge in [0, 0.05) is 38.7 Å². The summed E-state index contributed by atoms with van der Waals surface area (Å²) in [7, 11) is 0. The molecule has 0 aliphatic heterocycles. The van der Waals surface area contributed by atoms with E-state index in [0.717, 1.165) is 66.7 Å². The van der Waals surface area contributed by atoms with Gasteiger partial charge in [0.05, 0.1) is 16.7 Å². The minimum absolute atomic E-state index is 0.684. The van der Waals surface area contributed by atoms with E-state index in [1.54, 1.807) is 0 Å². The van der Waals surface area contributed by atoms with Crippen LogP contribution in [0.5, 0.6) is 0 Å². The summed E-state index contributed by atoms with van der Waals surface area (Å²) < 4.78 is 8.56. The number of furan rings is 1. The molecule has 0 saturated carbocycles. The van der Waals surface area contributed by atoms with E-state index in [0.29, 0.717) is 5.82 Å². The van der Waals surface area contributed by atoms with Crippen molar-refractivity contribution in [3.63, 3.8) is 0 Å². The maximum absolute atomic E-state index is 6.21. The van der Waals surface area contributed by atoms with Gasteiger partial charge in [-0.1, -0.05) is 158 Å². The summed E-state index contributed by atoms with van der Waals surface area (Å²) in [5, 5.41) is 11.9. The Morgan fingerprint density at radius 1 is 0.290 bits per heavy atom. The highest BCUT2D eigenvalue weighted by molar-refractivity contribution is 6.29. The van der Waals surface area contributed by atoms with Crippen LogP contribution in [0.1, 0.15) is 0 Å². The molecule has 3 heterocycles. The van der Waals surface area contributed by atoms with Crippen LogP contribution in [0.25, 0.3) is 127 Å². The molecule has 4 nitrogen and oxygen atoms in total. The van der Waals surface area contributed by atoms with Crippen LogP contribution in [0, 0.1) is 0 Å². The topological polar surface area (TPSA) is 43.9 Å². The van der Waals surface area contributed by atoms with Crippen molar-refractivity contribution in [1.82, 2.24) is 14.5 Å². The fourth-order valence-electron chi connectivity index (χ4n) is 9.63. The fourth-order valence-corrected chi connectivity index (χ4v) is 9.63. The molecule has 0 fully saturated rings. The minimum atomic E-state index is 0.684. The van der Waals surface area contributed by atoms with Gasteiger partial charge in [0.25, 0.3) is 0 Å². The number of rotatable bonds is 5. The molecule has 0 spiro atoms. The highest BCUT2D eigenvalue weighted by Gasteiger charge is 2.20. The molecule has 288 valence electrons. The predicted octanol–water partition coefficient (Wildman–Crippen LogP) is 15.6. The minimum Gasteiger partial charge on any atom is -0.456 e. The highest BCUT2D eigenvalue weighted by atomic mass is 16.3. The molecule has 10 aromatic carbocycles. The summed E-state index contributed by atoms with van der Waals surface area (Å²) in [6.07, 6.45) is 0. The third kappa shape index (κ3) is 5.40. The van der Waals surface area contributed by atoms with Gasteiger partial charge < -0.3 is 4.42 Å². The Hall–Kier alpha value is -8.34. The lowest BCUT2D eigenvalue weighted by Gasteiger charge is -2.14. The van der Waals surface area contributed by atoms with Crippen molar-refractivity contribution in [2.45, 2.75) is 0 Å². The van der Waals surface area contributed by atoms with Crippen LogP contribution in [0.3, 0.4) is 0 Å². The smallest absolute Gasteiger partial charge is 0.162 e. The van der Waals surface area contributed by atoms with Crippen molar-refractivity contribution >= 4 is 76.1 Å². The van der Waals surface area contributed by atoms with Crippen LogP contribution in [-0.2, 0) is 0 Å². The van der Waals surface area contributed by atoms with E-state index in [9.17, 15) is 0 Å². The Morgan fingerprint density at radius 3 is 1.58 bits per heavy atom. The lowest BCUT2D eigenvalue weighted by molar-refractivity contribution is 0.669. The molecule has 62 heavy (non-hydrogen) atoms. The first-order valence-electron chi connectivity index (χ1n) is 21.1. The average molecular weight is 790 g/mol. The number of hydrogen-bond acceptors (Lipinski definition) is 3. The molecule has 0 unspecified atom stereocenters. The average Bonchev–Trinajstić information content (AvgIpc) is 3.88. The summed E-state index contributed by atoms with van der Waals surface area (Å²) in [5.74, 6) is 1.50. The first-order valence-corrected chi connectivity index (χ1v) is 21.1. The molecule has 0 amide bonds. The molecule has 3 aromatic heterocycles. The van der Waals surface area contributed by atoms with E-state index >= 15 is 0 Å². The van der Waals surface area contributed by atoms with E-state index in [-0.39, 0.29) is 0 Å². The molecule has 0 N–H and O–H groups in total. The van der Waals surface area contributed by atoms with Crippen molar-refractivity contribution in [2.75, 3.05) is 0 Å². The third-order valence-electron chi connectivity index (χ3n) is 12.6. The zero-order valence-electron chi connectivity index (χ0n) is 33.5. The molecule has 13 rings (SSSR count). The Morgan fingerprint density at radius 2 is 0.806 bits per heavy atom. The molecule has 0 saturated heterocycles. The third-order valence-corrected chi connectivity index (χ3v) is 12.6. The molecule has 4 heteroatoms. The second-order valence-corrected chi connectivity index (χ2v) is 16.1. The molecule has 0 aliphatic rings. The molecule has 0 aliphatic carbocycles. The first-order chi connectivity index (χ1) is 30.7. The SMILES string of the molecule is c1ccc(-c2ccc3c(c2)c2cc4c5cc(-c6ccc7oc8ccccc8c7c6)ccc5c5ccccc5c4cc2n3-c2cc(-c3ccccc3)nc(-c3ccccc3)n2)cc1. The van der Waals surface area contributed by atoms with Gasteiger partial charge in [-0.05, 0) is 103 Å². The zero-order chi connectivity index (χ0) is 40.7. The van der Waals surface area contributed by atoms with Crippen molar-refractivity contribution in [1.29, 1.82) is 0 Å². The number of fused-ring (bicyclic) bond motifs is 12. The molecule has 13 aromatic rings. The molecular weight excluding hydrogens is 755 g/mol. The summed E-state index contributed by atoms with van der Waals surface area (Å²) in [6.45, 7) is 0. The summed E-state index contributed by atoms with van der Waals surface area (Å²) >= 11 is 0. The lowest BCUT2D eigenvalue weighted by atomic mass is 9.91. The second-order valence-electron chi connectivity index (χ2n) is 16.1. The van der Waals surface area contributed by atoms with Gasteiger partial charge in [-0.2, -0.15) is 0 Å². The van der Waals surface area contributed by atoms with E-state index < -0.39 is 0 Å². The first kappa shape index (κ1) is 34.5.